The smallest absolute Gasteiger partial charge is 0.343 e. The number of carbonyl (C=O) groups excluding carboxylic acids is 1. The minimum atomic E-state index is -1.28. The van der Waals surface area contributed by atoms with E-state index in [-0.39, 0.29) is 35.4 Å². The average Bonchev–Trinajstić information content (AvgIpc) is 2.66. The highest BCUT2D eigenvalue weighted by Crippen LogP contribution is 2.33. The fourth-order valence-corrected chi connectivity index (χ4v) is 3.34. The first-order valence-electron chi connectivity index (χ1n) is 9.43. The van der Waals surface area contributed by atoms with Crippen LogP contribution in [0.4, 0.5) is 0 Å². The summed E-state index contributed by atoms with van der Waals surface area (Å²) >= 11 is 0. The SMILES string of the molecule is [B]CCc1ccc(OC2CN(C(=O)C(N)Cc3ccccc3)C2)c(C(=O)O)c1O. The number of carboxylic acid groups (broad SMARTS) is 1. The van der Waals surface area contributed by atoms with Crippen molar-refractivity contribution in [2.24, 2.45) is 5.73 Å². The number of nitrogens with two attached hydrogens (primary N) is 1. The highest BCUT2D eigenvalue weighted by Gasteiger charge is 2.35. The third-order valence-corrected chi connectivity index (χ3v) is 4.92. The fraction of sp³-hybridized carbons (Fsp3) is 0.333. The summed E-state index contributed by atoms with van der Waals surface area (Å²) in [5.74, 6) is -1.72. The number of carboxylic acids is 1. The lowest BCUT2D eigenvalue weighted by atomic mass is 9.95. The molecule has 2 radical (unpaired) electrons. The number of hydrogen-bond donors (Lipinski definition) is 3. The number of carbonyl (C=O) groups is 2. The number of rotatable bonds is 8. The van der Waals surface area contributed by atoms with Gasteiger partial charge in [-0.25, -0.2) is 4.79 Å². The van der Waals surface area contributed by atoms with Crippen LogP contribution in [-0.2, 0) is 17.6 Å². The quantitative estimate of drug-likeness (QED) is 0.583. The topological polar surface area (TPSA) is 113 Å². The summed E-state index contributed by atoms with van der Waals surface area (Å²) in [4.78, 5) is 25.6. The number of aromatic hydroxyl groups is 1. The van der Waals surface area contributed by atoms with Gasteiger partial charge in [0.05, 0.1) is 27.0 Å². The Morgan fingerprint density at radius 1 is 1.21 bits per heavy atom. The van der Waals surface area contributed by atoms with Crippen LogP contribution in [0.15, 0.2) is 42.5 Å². The van der Waals surface area contributed by atoms with Gasteiger partial charge in [-0.15, -0.1) is 0 Å². The molecule has 1 heterocycles. The Kier molecular flexibility index (Phi) is 6.44. The Morgan fingerprint density at radius 3 is 2.52 bits per heavy atom. The number of nitrogens with zero attached hydrogens (tertiary/aromatic N) is 1. The van der Waals surface area contributed by atoms with Crippen molar-refractivity contribution in [1.29, 1.82) is 0 Å². The predicted octanol–water partition coefficient (Wildman–Crippen LogP) is 1.38. The van der Waals surface area contributed by atoms with Gasteiger partial charge in [0.2, 0.25) is 5.91 Å². The molecule has 0 spiro atoms. The van der Waals surface area contributed by atoms with Crippen molar-refractivity contribution in [2.45, 2.75) is 31.3 Å². The van der Waals surface area contributed by atoms with Crippen molar-refractivity contribution in [3.05, 3.63) is 59.2 Å². The summed E-state index contributed by atoms with van der Waals surface area (Å²) in [6.07, 6.45) is 0.731. The average molecular weight is 394 g/mol. The molecule has 1 aliphatic rings. The number of ether oxygens (including phenoxy) is 1. The summed E-state index contributed by atoms with van der Waals surface area (Å²) in [6, 6.07) is 12.0. The zero-order valence-electron chi connectivity index (χ0n) is 16.0. The summed E-state index contributed by atoms with van der Waals surface area (Å²) in [5, 5.41) is 19.7. The first-order valence-corrected chi connectivity index (χ1v) is 9.43. The molecular weight excluding hydrogens is 371 g/mol. The molecule has 1 unspecified atom stereocenters. The number of amides is 1. The highest BCUT2D eigenvalue weighted by molar-refractivity contribution is 6.08. The van der Waals surface area contributed by atoms with Crippen LogP contribution < -0.4 is 10.5 Å². The molecule has 1 amide bonds. The van der Waals surface area contributed by atoms with Gasteiger partial charge < -0.3 is 25.6 Å². The summed E-state index contributed by atoms with van der Waals surface area (Å²) in [6.45, 7) is 0.622. The second kappa shape index (κ2) is 9.00. The molecule has 1 atom stereocenters. The molecule has 2 aromatic rings. The normalized spacial score (nSPS) is 14.9. The lowest BCUT2D eigenvalue weighted by molar-refractivity contribution is -0.141. The molecule has 1 saturated heterocycles. The Labute approximate surface area is 170 Å². The van der Waals surface area contributed by atoms with Gasteiger partial charge in [-0.3, -0.25) is 4.79 Å². The maximum Gasteiger partial charge on any atom is 0.343 e. The predicted molar refractivity (Wildman–Crippen MR) is 108 cm³/mol. The first-order chi connectivity index (χ1) is 13.9. The Hall–Kier alpha value is -3.00. The minimum Gasteiger partial charge on any atom is -0.507 e. The monoisotopic (exact) mass is 394 g/mol. The number of hydrogen-bond acceptors (Lipinski definition) is 5. The van der Waals surface area contributed by atoms with Gasteiger partial charge >= 0.3 is 5.97 Å². The molecule has 1 fully saturated rings. The van der Waals surface area contributed by atoms with Gasteiger partial charge in [0, 0.05) is 0 Å². The molecule has 150 valence electrons. The van der Waals surface area contributed by atoms with E-state index in [1.807, 2.05) is 30.3 Å². The van der Waals surface area contributed by atoms with E-state index in [1.54, 1.807) is 11.0 Å². The molecule has 0 bridgehead atoms. The highest BCUT2D eigenvalue weighted by atomic mass is 16.5. The summed E-state index contributed by atoms with van der Waals surface area (Å²) in [7, 11) is 5.48. The van der Waals surface area contributed by atoms with Crippen molar-refractivity contribution >= 4 is 19.7 Å². The van der Waals surface area contributed by atoms with Crippen LogP contribution in [0, 0.1) is 0 Å². The van der Waals surface area contributed by atoms with Crippen LogP contribution in [0.25, 0.3) is 0 Å². The van der Waals surface area contributed by atoms with E-state index in [1.165, 1.54) is 6.07 Å². The molecule has 0 aromatic heterocycles. The lowest BCUT2D eigenvalue weighted by Crippen LogP contribution is -2.60. The molecule has 2 aromatic carbocycles. The van der Waals surface area contributed by atoms with Crippen molar-refractivity contribution in [2.75, 3.05) is 13.1 Å². The molecular formula is C21H23BN2O5. The molecule has 1 aliphatic heterocycles. The largest absolute Gasteiger partial charge is 0.507 e. The van der Waals surface area contributed by atoms with Crippen LogP contribution in [0.1, 0.15) is 21.5 Å². The van der Waals surface area contributed by atoms with Gasteiger partial charge in [0.15, 0.2) is 0 Å². The molecule has 7 nitrogen and oxygen atoms in total. The number of aromatic carboxylic acids is 1. The maximum absolute atomic E-state index is 12.5. The number of aryl methyl sites for hydroxylation is 1. The molecule has 29 heavy (non-hydrogen) atoms. The maximum atomic E-state index is 12.5. The van der Waals surface area contributed by atoms with Crippen molar-refractivity contribution in [1.82, 2.24) is 4.90 Å². The second-order valence-electron chi connectivity index (χ2n) is 7.07. The van der Waals surface area contributed by atoms with Crippen molar-refractivity contribution in [3.8, 4) is 11.5 Å². The van der Waals surface area contributed by atoms with Gasteiger partial charge in [0.25, 0.3) is 0 Å². The van der Waals surface area contributed by atoms with Crippen LogP contribution in [0.3, 0.4) is 0 Å². The van der Waals surface area contributed by atoms with Gasteiger partial charge in [0.1, 0.15) is 23.2 Å². The van der Waals surface area contributed by atoms with E-state index in [2.05, 4.69) is 0 Å². The van der Waals surface area contributed by atoms with E-state index in [0.717, 1.165) is 5.56 Å². The Bertz CT molecular complexity index is 884. The van der Waals surface area contributed by atoms with Crippen LogP contribution >= 0.6 is 0 Å². The lowest BCUT2D eigenvalue weighted by Gasteiger charge is -2.40. The van der Waals surface area contributed by atoms with E-state index >= 15 is 0 Å². The molecule has 0 aliphatic carbocycles. The number of likely N-dealkylation sites (tertiary alicyclic amines) is 1. The van der Waals surface area contributed by atoms with Crippen LogP contribution in [-0.4, -0.2) is 60.1 Å². The number of phenols is 1. The van der Waals surface area contributed by atoms with E-state index in [9.17, 15) is 19.8 Å². The fourth-order valence-electron chi connectivity index (χ4n) is 3.34. The number of benzene rings is 2. The molecule has 4 N–H and O–H groups in total. The van der Waals surface area contributed by atoms with E-state index in [4.69, 9.17) is 18.3 Å². The third kappa shape index (κ3) is 4.71. The summed E-state index contributed by atoms with van der Waals surface area (Å²) in [5.41, 5.74) is 7.18. The standard InChI is InChI=1S/C21H23BN2O5/c22-9-8-14-6-7-17(18(19(14)25)21(27)28)29-15-11-24(12-15)20(26)16(23)10-13-4-2-1-3-5-13/h1-7,15-16,25H,8-12,23H2,(H,27,28). The van der Waals surface area contributed by atoms with Crippen LogP contribution in [0.2, 0.25) is 6.32 Å². The minimum absolute atomic E-state index is 0.0708. The summed E-state index contributed by atoms with van der Waals surface area (Å²) < 4.78 is 5.73. The molecule has 3 rings (SSSR count). The third-order valence-electron chi connectivity index (χ3n) is 4.92. The first kappa shape index (κ1) is 20.7. The Morgan fingerprint density at radius 2 is 1.90 bits per heavy atom. The van der Waals surface area contributed by atoms with Gasteiger partial charge in [-0.05, 0) is 30.0 Å². The molecule has 8 heteroatoms. The van der Waals surface area contributed by atoms with Crippen molar-refractivity contribution in [3.63, 3.8) is 0 Å². The molecule has 0 saturated carbocycles. The van der Waals surface area contributed by atoms with Crippen LogP contribution in [0.5, 0.6) is 11.5 Å². The van der Waals surface area contributed by atoms with Gasteiger partial charge in [-0.1, -0.05) is 42.7 Å². The van der Waals surface area contributed by atoms with E-state index < -0.39 is 12.0 Å². The van der Waals surface area contributed by atoms with E-state index in [0.29, 0.717) is 31.5 Å². The zero-order chi connectivity index (χ0) is 21.0. The second-order valence-corrected chi connectivity index (χ2v) is 7.07. The Balaban J connectivity index is 1.59. The van der Waals surface area contributed by atoms with Gasteiger partial charge in [-0.2, -0.15) is 0 Å². The van der Waals surface area contributed by atoms with Crippen molar-refractivity contribution < 1.29 is 24.5 Å². The zero-order valence-corrected chi connectivity index (χ0v) is 16.0.